The van der Waals surface area contributed by atoms with Gasteiger partial charge in [-0.1, -0.05) is 18.6 Å². The Labute approximate surface area is 149 Å². The topological polar surface area (TPSA) is 55.8 Å². The normalized spacial score (nSPS) is 18.7. The Balaban J connectivity index is 1.80. The largest absolute Gasteiger partial charge is 0.493 e. The molecule has 0 aromatic heterocycles. The van der Waals surface area contributed by atoms with E-state index in [4.69, 9.17) is 9.47 Å². The molecule has 1 atom stereocenters. The van der Waals surface area contributed by atoms with E-state index < -0.39 is 10.0 Å². The summed E-state index contributed by atoms with van der Waals surface area (Å²) in [6, 6.07) is 13.9. The second kappa shape index (κ2) is 7.45. The standard InChI is InChI=1S/C19H23NO4S/c1-15-7-5-6-14-20(15)25(21,22)17-12-10-16(11-13-17)24-19-9-4-3-8-18(19)23-2/h3-4,8-13,15H,5-7,14H2,1-2H3/t15-/m1/s1. The second-order valence-electron chi connectivity index (χ2n) is 6.18. The van der Waals surface area contributed by atoms with E-state index in [1.165, 1.54) is 0 Å². The maximum Gasteiger partial charge on any atom is 0.243 e. The average molecular weight is 361 g/mol. The molecule has 0 saturated carbocycles. The van der Waals surface area contributed by atoms with Crippen LogP contribution in [-0.2, 0) is 10.0 Å². The molecule has 2 aromatic carbocycles. The number of methoxy groups -OCH3 is 1. The van der Waals surface area contributed by atoms with Crippen LogP contribution in [0.3, 0.4) is 0 Å². The van der Waals surface area contributed by atoms with E-state index in [-0.39, 0.29) is 6.04 Å². The number of rotatable bonds is 5. The summed E-state index contributed by atoms with van der Waals surface area (Å²) < 4.78 is 38.3. The summed E-state index contributed by atoms with van der Waals surface area (Å²) >= 11 is 0. The Bertz CT molecular complexity index is 818. The summed E-state index contributed by atoms with van der Waals surface area (Å²) in [5, 5.41) is 0. The molecule has 0 radical (unpaired) electrons. The minimum atomic E-state index is -3.46. The third kappa shape index (κ3) is 3.80. The minimum Gasteiger partial charge on any atom is -0.493 e. The molecule has 1 aliphatic rings. The van der Waals surface area contributed by atoms with Crippen LogP contribution in [0.15, 0.2) is 53.4 Å². The van der Waals surface area contributed by atoms with Crippen LogP contribution >= 0.6 is 0 Å². The SMILES string of the molecule is COc1ccccc1Oc1ccc(S(=O)(=O)N2CCCC[C@H]2C)cc1. The van der Waals surface area contributed by atoms with E-state index >= 15 is 0 Å². The first-order valence-corrected chi connectivity index (χ1v) is 9.89. The summed E-state index contributed by atoms with van der Waals surface area (Å²) in [6.07, 6.45) is 2.91. The predicted molar refractivity (Wildman–Crippen MR) is 96.7 cm³/mol. The van der Waals surface area contributed by atoms with Crippen molar-refractivity contribution < 1.29 is 17.9 Å². The van der Waals surface area contributed by atoms with Crippen molar-refractivity contribution in [2.24, 2.45) is 0 Å². The van der Waals surface area contributed by atoms with Crippen molar-refractivity contribution >= 4 is 10.0 Å². The lowest BCUT2D eigenvalue weighted by Gasteiger charge is -2.32. The van der Waals surface area contributed by atoms with Crippen LogP contribution in [0.25, 0.3) is 0 Å². The molecule has 0 aliphatic carbocycles. The Morgan fingerprint density at radius 2 is 1.68 bits per heavy atom. The molecule has 1 fully saturated rings. The zero-order chi connectivity index (χ0) is 17.9. The molecule has 25 heavy (non-hydrogen) atoms. The van der Waals surface area contributed by atoms with Crippen LogP contribution < -0.4 is 9.47 Å². The quantitative estimate of drug-likeness (QED) is 0.806. The molecule has 1 aliphatic heterocycles. The fourth-order valence-electron chi connectivity index (χ4n) is 3.07. The van der Waals surface area contributed by atoms with Gasteiger partial charge >= 0.3 is 0 Å². The molecule has 134 valence electrons. The molecule has 0 N–H and O–H groups in total. The lowest BCUT2D eigenvalue weighted by molar-refractivity contribution is 0.268. The summed E-state index contributed by atoms with van der Waals surface area (Å²) in [5.41, 5.74) is 0. The average Bonchev–Trinajstić information content (AvgIpc) is 2.63. The van der Waals surface area contributed by atoms with Crippen molar-refractivity contribution in [3.63, 3.8) is 0 Å². The van der Waals surface area contributed by atoms with Gasteiger partial charge in [0.15, 0.2) is 11.5 Å². The van der Waals surface area contributed by atoms with Gasteiger partial charge in [-0.05, 0) is 56.2 Å². The molecule has 1 saturated heterocycles. The van der Waals surface area contributed by atoms with Crippen molar-refractivity contribution in [2.75, 3.05) is 13.7 Å². The predicted octanol–water partition coefficient (Wildman–Crippen LogP) is 4.05. The van der Waals surface area contributed by atoms with Crippen LogP contribution in [0.4, 0.5) is 0 Å². The number of benzene rings is 2. The number of sulfonamides is 1. The lowest BCUT2D eigenvalue weighted by Crippen LogP contribution is -2.41. The van der Waals surface area contributed by atoms with Gasteiger partial charge in [-0.3, -0.25) is 0 Å². The number of hydrogen-bond donors (Lipinski definition) is 0. The highest BCUT2D eigenvalue weighted by molar-refractivity contribution is 7.89. The van der Waals surface area contributed by atoms with E-state index in [1.807, 2.05) is 25.1 Å². The monoisotopic (exact) mass is 361 g/mol. The number of para-hydroxylation sites is 2. The molecular formula is C19H23NO4S. The molecular weight excluding hydrogens is 338 g/mol. The Morgan fingerprint density at radius 3 is 2.32 bits per heavy atom. The van der Waals surface area contributed by atoms with E-state index in [0.717, 1.165) is 19.3 Å². The molecule has 3 rings (SSSR count). The molecule has 2 aromatic rings. The molecule has 5 nitrogen and oxygen atoms in total. The van der Waals surface area contributed by atoms with E-state index in [2.05, 4.69) is 0 Å². The van der Waals surface area contributed by atoms with Gasteiger partial charge in [-0.15, -0.1) is 0 Å². The smallest absolute Gasteiger partial charge is 0.243 e. The highest BCUT2D eigenvalue weighted by Crippen LogP contribution is 2.32. The van der Waals surface area contributed by atoms with Crippen LogP contribution in [0.5, 0.6) is 17.2 Å². The second-order valence-corrected chi connectivity index (χ2v) is 8.08. The summed E-state index contributed by atoms with van der Waals surface area (Å²) in [4.78, 5) is 0.300. The highest BCUT2D eigenvalue weighted by Gasteiger charge is 2.30. The van der Waals surface area contributed by atoms with E-state index in [0.29, 0.717) is 28.7 Å². The van der Waals surface area contributed by atoms with Crippen LogP contribution in [0, 0.1) is 0 Å². The van der Waals surface area contributed by atoms with Crippen molar-refractivity contribution in [1.29, 1.82) is 0 Å². The molecule has 6 heteroatoms. The van der Waals surface area contributed by atoms with Gasteiger partial charge < -0.3 is 9.47 Å². The van der Waals surface area contributed by atoms with Crippen molar-refractivity contribution in [1.82, 2.24) is 4.31 Å². The third-order valence-electron chi connectivity index (χ3n) is 4.47. The molecule has 0 amide bonds. The first-order chi connectivity index (χ1) is 12.0. The van der Waals surface area contributed by atoms with Gasteiger partial charge in [-0.25, -0.2) is 8.42 Å². The van der Waals surface area contributed by atoms with Gasteiger partial charge in [0.2, 0.25) is 10.0 Å². The zero-order valence-corrected chi connectivity index (χ0v) is 15.3. The van der Waals surface area contributed by atoms with Crippen LogP contribution in [0.1, 0.15) is 26.2 Å². The Kier molecular flexibility index (Phi) is 5.30. The summed E-state index contributed by atoms with van der Waals surface area (Å²) in [7, 11) is -1.88. The molecule has 0 unspecified atom stereocenters. The highest BCUT2D eigenvalue weighted by atomic mass is 32.2. The minimum absolute atomic E-state index is 0.0447. The van der Waals surface area contributed by atoms with Crippen LogP contribution in [0.2, 0.25) is 0 Å². The zero-order valence-electron chi connectivity index (χ0n) is 14.5. The summed E-state index contributed by atoms with van der Waals surface area (Å²) in [5.74, 6) is 1.78. The number of hydrogen-bond acceptors (Lipinski definition) is 4. The van der Waals surface area contributed by atoms with Gasteiger partial charge in [0.05, 0.1) is 12.0 Å². The summed E-state index contributed by atoms with van der Waals surface area (Å²) in [6.45, 7) is 2.55. The van der Waals surface area contributed by atoms with Gasteiger partial charge in [-0.2, -0.15) is 4.31 Å². The van der Waals surface area contributed by atoms with Crippen LogP contribution in [-0.4, -0.2) is 32.4 Å². The van der Waals surface area contributed by atoms with Crippen molar-refractivity contribution in [2.45, 2.75) is 37.1 Å². The van der Waals surface area contributed by atoms with Gasteiger partial charge in [0.1, 0.15) is 5.75 Å². The Morgan fingerprint density at radius 1 is 1.00 bits per heavy atom. The fourth-order valence-corrected chi connectivity index (χ4v) is 4.77. The van der Waals surface area contributed by atoms with E-state index in [1.54, 1.807) is 41.7 Å². The first-order valence-electron chi connectivity index (χ1n) is 8.45. The van der Waals surface area contributed by atoms with Gasteiger partial charge in [0, 0.05) is 12.6 Å². The first kappa shape index (κ1) is 17.8. The third-order valence-corrected chi connectivity index (χ3v) is 6.50. The lowest BCUT2D eigenvalue weighted by atomic mass is 10.1. The van der Waals surface area contributed by atoms with E-state index in [9.17, 15) is 8.42 Å². The Hall–Kier alpha value is -2.05. The molecule has 0 bridgehead atoms. The maximum absolute atomic E-state index is 12.8. The number of nitrogens with zero attached hydrogens (tertiary/aromatic N) is 1. The maximum atomic E-state index is 12.8. The number of ether oxygens (including phenoxy) is 2. The molecule has 0 spiro atoms. The van der Waals surface area contributed by atoms with Gasteiger partial charge in [0.25, 0.3) is 0 Å². The fraction of sp³-hybridized carbons (Fsp3) is 0.368. The molecule has 1 heterocycles. The van der Waals surface area contributed by atoms with Crippen molar-refractivity contribution in [3.8, 4) is 17.2 Å². The van der Waals surface area contributed by atoms with Crippen molar-refractivity contribution in [3.05, 3.63) is 48.5 Å². The number of piperidine rings is 1.